The van der Waals surface area contributed by atoms with Crippen LogP contribution in [0.5, 0.6) is 0 Å². The van der Waals surface area contributed by atoms with Gasteiger partial charge in [0.25, 0.3) is 0 Å². The van der Waals surface area contributed by atoms with Gasteiger partial charge in [0.2, 0.25) is 0 Å². The first-order chi connectivity index (χ1) is 14.8. The molecule has 3 fully saturated rings. The van der Waals surface area contributed by atoms with Crippen LogP contribution in [0.2, 0.25) is 10.0 Å². The number of piperidine rings is 1. The first-order valence-electron chi connectivity index (χ1n) is 10.8. The molecule has 166 valence electrons. The van der Waals surface area contributed by atoms with Crippen LogP contribution in [0.4, 0.5) is 5.82 Å². The third kappa shape index (κ3) is 3.72. The summed E-state index contributed by atoms with van der Waals surface area (Å²) in [6.45, 7) is 7.07. The first kappa shape index (κ1) is 21.4. The van der Waals surface area contributed by atoms with E-state index in [1.807, 2.05) is 19.1 Å². The van der Waals surface area contributed by atoms with E-state index in [-0.39, 0.29) is 18.6 Å². The van der Waals surface area contributed by atoms with Crippen molar-refractivity contribution >= 4 is 29.0 Å². The van der Waals surface area contributed by atoms with Crippen molar-refractivity contribution in [2.45, 2.75) is 44.8 Å². The van der Waals surface area contributed by atoms with Crippen molar-refractivity contribution < 1.29 is 14.6 Å². The van der Waals surface area contributed by atoms with Gasteiger partial charge in [-0.2, -0.15) is 0 Å². The Hall–Kier alpha value is -1.44. The van der Waals surface area contributed by atoms with Crippen LogP contribution in [-0.4, -0.2) is 54.1 Å². The maximum absolute atomic E-state index is 11.2. The molecule has 1 N–H and O–H groups in total. The lowest BCUT2D eigenvalue weighted by atomic mass is 9.76. The SMILES string of the molecule is Cc1nc(N2CCC3(CC2)CO[C@@H](C)C3)c(C2(O)COC2)nc1-c1cccc(Cl)c1Cl. The lowest BCUT2D eigenvalue weighted by Crippen LogP contribution is -2.49. The molecule has 0 saturated carbocycles. The summed E-state index contributed by atoms with van der Waals surface area (Å²) in [4.78, 5) is 12.1. The van der Waals surface area contributed by atoms with Gasteiger partial charge in [-0.05, 0) is 44.6 Å². The standard InChI is InChI=1S/C23H27Cl2N3O3/c1-14-10-22(11-31-14)6-8-28(9-7-22)21-20(23(29)12-30-13-23)27-19(15(2)26-21)16-4-3-5-17(24)18(16)25/h3-5,14,29H,6-13H2,1-2H3/t14-/m0/s1. The topological polar surface area (TPSA) is 67.7 Å². The molecule has 4 heterocycles. The van der Waals surface area contributed by atoms with Crippen molar-refractivity contribution in [1.82, 2.24) is 9.97 Å². The van der Waals surface area contributed by atoms with Gasteiger partial charge < -0.3 is 19.5 Å². The van der Waals surface area contributed by atoms with E-state index in [0.29, 0.717) is 33.1 Å². The fraction of sp³-hybridized carbons (Fsp3) is 0.565. The average molecular weight is 464 g/mol. The van der Waals surface area contributed by atoms with Gasteiger partial charge in [-0.3, -0.25) is 0 Å². The second-order valence-corrected chi connectivity index (χ2v) is 10.1. The molecule has 1 spiro atoms. The van der Waals surface area contributed by atoms with Gasteiger partial charge in [-0.15, -0.1) is 0 Å². The number of hydrogen-bond donors (Lipinski definition) is 1. The summed E-state index contributed by atoms with van der Waals surface area (Å²) in [5, 5.41) is 12.1. The van der Waals surface area contributed by atoms with Crippen molar-refractivity contribution in [2.24, 2.45) is 5.41 Å². The van der Waals surface area contributed by atoms with Gasteiger partial charge in [0, 0.05) is 18.7 Å². The normalized spacial score (nSPS) is 24.4. The van der Waals surface area contributed by atoms with Gasteiger partial charge in [0.1, 0.15) is 5.69 Å². The minimum atomic E-state index is -1.14. The van der Waals surface area contributed by atoms with E-state index in [4.69, 9.17) is 42.6 Å². The molecule has 3 saturated heterocycles. The molecule has 6 nitrogen and oxygen atoms in total. The third-order valence-corrected chi connectivity index (χ3v) is 7.72. The highest BCUT2D eigenvalue weighted by Gasteiger charge is 2.46. The number of rotatable bonds is 3. The molecule has 0 aliphatic carbocycles. The number of hydrogen-bond acceptors (Lipinski definition) is 6. The molecule has 0 radical (unpaired) electrons. The van der Waals surface area contributed by atoms with E-state index in [1.165, 1.54) is 0 Å². The molecule has 5 rings (SSSR count). The summed E-state index contributed by atoms with van der Waals surface area (Å²) >= 11 is 12.7. The molecule has 1 atom stereocenters. The van der Waals surface area contributed by atoms with Crippen LogP contribution < -0.4 is 4.90 Å². The second kappa shape index (κ2) is 7.85. The third-order valence-electron chi connectivity index (χ3n) is 6.90. The fourth-order valence-electron chi connectivity index (χ4n) is 5.00. The van der Waals surface area contributed by atoms with E-state index in [2.05, 4.69) is 11.8 Å². The van der Waals surface area contributed by atoms with Crippen LogP contribution in [-0.2, 0) is 15.1 Å². The number of nitrogens with zero attached hydrogens (tertiary/aromatic N) is 3. The first-order valence-corrected chi connectivity index (χ1v) is 11.6. The molecule has 31 heavy (non-hydrogen) atoms. The molecular weight excluding hydrogens is 437 g/mol. The zero-order valence-electron chi connectivity index (χ0n) is 17.8. The Morgan fingerprint density at radius 2 is 1.87 bits per heavy atom. The zero-order chi connectivity index (χ0) is 21.8. The Labute approximate surface area is 192 Å². The number of aromatic nitrogens is 2. The zero-order valence-corrected chi connectivity index (χ0v) is 19.3. The number of anilines is 1. The predicted molar refractivity (Wildman–Crippen MR) is 121 cm³/mol. The summed E-state index contributed by atoms with van der Waals surface area (Å²) in [5.74, 6) is 0.743. The highest BCUT2D eigenvalue weighted by Crippen LogP contribution is 2.44. The van der Waals surface area contributed by atoms with Crippen LogP contribution >= 0.6 is 23.2 Å². The molecule has 3 aliphatic heterocycles. The highest BCUT2D eigenvalue weighted by molar-refractivity contribution is 6.43. The minimum Gasteiger partial charge on any atom is -0.379 e. The summed E-state index contributed by atoms with van der Waals surface area (Å²) in [7, 11) is 0. The highest BCUT2D eigenvalue weighted by atomic mass is 35.5. The molecule has 3 aliphatic rings. The van der Waals surface area contributed by atoms with E-state index in [1.54, 1.807) is 6.07 Å². The largest absolute Gasteiger partial charge is 0.379 e. The maximum atomic E-state index is 11.2. The molecule has 2 aromatic rings. The Balaban J connectivity index is 1.52. The Kier molecular flexibility index (Phi) is 5.42. The van der Waals surface area contributed by atoms with Crippen LogP contribution in [0.1, 0.15) is 37.6 Å². The minimum absolute atomic E-state index is 0.212. The Morgan fingerprint density at radius 3 is 2.48 bits per heavy atom. The van der Waals surface area contributed by atoms with Crippen LogP contribution in [0.3, 0.4) is 0 Å². The molecule has 0 amide bonds. The number of benzene rings is 1. The number of halogens is 2. The Bertz CT molecular complexity index is 1000. The maximum Gasteiger partial charge on any atom is 0.156 e. The number of ether oxygens (including phenoxy) is 2. The van der Waals surface area contributed by atoms with Crippen molar-refractivity contribution in [1.29, 1.82) is 0 Å². The summed E-state index contributed by atoms with van der Waals surface area (Å²) in [6.07, 6.45) is 3.55. The Morgan fingerprint density at radius 1 is 1.13 bits per heavy atom. The number of aliphatic hydroxyl groups is 1. The van der Waals surface area contributed by atoms with Crippen LogP contribution in [0.15, 0.2) is 18.2 Å². The van der Waals surface area contributed by atoms with Crippen LogP contribution in [0, 0.1) is 12.3 Å². The summed E-state index contributed by atoms with van der Waals surface area (Å²) < 4.78 is 11.2. The second-order valence-electron chi connectivity index (χ2n) is 9.27. The fourth-order valence-corrected chi connectivity index (χ4v) is 5.39. The van der Waals surface area contributed by atoms with Crippen molar-refractivity contribution in [2.75, 3.05) is 37.8 Å². The lowest BCUT2D eigenvalue weighted by molar-refractivity contribution is -0.186. The average Bonchev–Trinajstić information content (AvgIpc) is 3.09. The summed E-state index contributed by atoms with van der Waals surface area (Å²) in [6, 6.07) is 5.46. The van der Waals surface area contributed by atoms with Gasteiger partial charge in [0.15, 0.2) is 11.4 Å². The molecule has 1 aromatic carbocycles. The van der Waals surface area contributed by atoms with E-state index < -0.39 is 5.60 Å². The van der Waals surface area contributed by atoms with Gasteiger partial charge in [-0.1, -0.05) is 35.3 Å². The quantitative estimate of drug-likeness (QED) is 0.728. The van der Waals surface area contributed by atoms with E-state index in [0.717, 1.165) is 50.5 Å². The predicted octanol–water partition coefficient (Wildman–Crippen LogP) is 4.37. The van der Waals surface area contributed by atoms with Crippen LogP contribution in [0.25, 0.3) is 11.3 Å². The van der Waals surface area contributed by atoms with E-state index in [9.17, 15) is 5.11 Å². The van der Waals surface area contributed by atoms with E-state index >= 15 is 0 Å². The van der Waals surface area contributed by atoms with Crippen molar-refractivity contribution in [3.8, 4) is 11.3 Å². The monoisotopic (exact) mass is 463 g/mol. The van der Waals surface area contributed by atoms with Crippen molar-refractivity contribution in [3.05, 3.63) is 39.6 Å². The van der Waals surface area contributed by atoms with Crippen molar-refractivity contribution in [3.63, 3.8) is 0 Å². The van der Waals surface area contributed by atoms with Gasteiger partial charge >= 0.3 is 0 Å². The molecule has 0 unspecified atom stereocenters. The van der Waals surface area contributed by atoms with Gasteiger partial charge in [-0.25, -0.2) is 9.97 Å². The smallest absolute Gasteiger partial charge is 0.156 e. The van der Waals surface area contributed by atoms with Gasteiger partial charge in [0.05, 0.1) is 47.4 Å². The number of aryl methyl sites for hydroxylation is 1. The molecular formula is C23H27Cl2N3O3. The molecule has 1 aromatic heterocycles. The molecule has 0 bridgehead atoms. The molecule has 8 heteroatoms. The summed E-state index contributed by atoms with van der Waals surface area (Å²) in [5.41, 5.74) is 1.79. The lowest BCUT2D eigenvalue weighted by Gasteiger charge is -2.42.